The minimum Gasteiger partial charge on any atom is -0.493 e. The number of aryl methyl sites for hydroxylation is 1. The Kier molecular flexibility index (Phi) is 4.53. The van der Waals surface area contributed by atoms with Gasteiger partial charge in [-0.15, -0.1) is 11.3 Å². The molecule has 1 aliphatic carbocycles. The lowest BCUT2D eigenvalue weighted by Gasteiger charge is -2.27. The first kappa shape index (κ1) is 17.0. The number of hydrogen-bond acceptors (Lipinski definition) is 5. The van der Waals surface area contributed by atoms with E-state index in [0.717, 1.165) is 32.5 Å². The van der Waals surface area contributed by atoms with Crippen molar-refractivity contribution in [3.63, 3.8) is 0 Å². The van der Waals surface area contributed by atoms with Crippen molar-refractivity contribution in [3.8, 4) is 11.5 Å². The van der Waals surface area contributed by atoms with Crippen LogP contribution in [-0.4, -0.2) is 20.1 Å². The van der Waals surface area contributed by atoms with Crippen LogP contribution in [-0.2, 0) is 12.8 Å². The van der Waals surface area contributed by atoms with Crippen molar-refractivity contribution < 1.29 is 14.3 Å². The summed E-state index contributed by atoms with van der Waals surface area (Å²) in [6.07, 6.45) is 4.20. The maximum Gasteiger partial charge on any atom is 0.256 e. The van der Waals surface area contributed by atoms with Gasteiger partial charge in [-0.05, 0) is 71.5 Å². The number of amides is 1. The fraction of sp³-hybridized carbons (Fsp3) is 0.389. The third-order valence-corrected chi connectivity index (χ3v) is 6.76. The van der Waals surface area contributed by atoms with Crippen molar-refractivity contribution >= 4 is 44.8 Å². The number of carbonyl (C=O) groups excluding carboxylic acids is 1. The molecule has 132 valence electrons. The van der Waals surface area contributed by atoms with Gasteiger partial charge in [0.2, 0.25) is 0 Å². The maximum absolute atomic E-state index is 12.8. The summed E-state index contributed by atoms with van der Waals surface area (Å²) >= 11 is 3.96. The summed E-state index contributed by atoms with van der Waals surface area (Å²) in [5.74, 6) is 1.39. The molecule has 1 aliphatic heterocycles. The lowest BCUT2D eigenvalue weighted by Crippen LogP contribution is -2.38. The summed E-state index contributed by atoms with van der Waals surface area (Å²) in [6, 6.07) is 3.93. The fourth-order valence-corrected chi connectivity index (χ4v) is 5.71. The quantitative estimate of drug-likeness (QED) is 0.664. The van der Waals surface area contributed by atoms with Gasteiger partial charge in [0.1, 0.15) is 11.2 Å². The Morgan fingerprint density at radius 2 is 1.96 bits per heavy atom. The fourth-order valence-electron chi connectivity index (χ4n) is 3.55. The van der Waals surface area contributed by atoms with Crippen LogP contribution in [0.2, 0.25) is 0 Å². The topological polar surface area (TPSA) is 59.6 Å². The van der Waals surface area contributed by atoms with Crippen LogP contribution in [0.15, 0.2) is 12.1 Å². The van der Waals surface area contributed by atoms with Gasteiger partial charge in [0, 0.05) is 4.88 Å². The summed E-state index contributed by atoms with van der Waals surface area (Å²) in [7, 11) is 3.25. The minimum absolute atomic E-state index is 0.0166. The third-order valence-electron chi connectivity index (χ3n) is 4.74. The van der Waals surface area contributed by atoms with Crippen LogP contribution in [0.25, 0.3) is 0 Å². The van der Waals surface area contributed by atoms with Gasteiger partial charge < -0.3 is 20.1 Å². The van der Waals surface area contributed by atoms with Crippen LogP contribution in [0.1, 0.15) is 45.4 Å². The molecule has 7 heteroatoms. The van der Waals surface area contributed by atoms with Crippen LogP contribution >= 0.6 is 33.9 Å². The van der Waals surface area contributed by atoms with Crippen LogP contribution in [0, 0.1) is 3.57 Å². The highest BCUT2D eigenvalue weighted by Gasteiger charge is 2.32. The van der Waals surface area contributed by atoms with Crippen LogP contribution < -0.4 is 20.1 Å². The zero-order valence-corrected chi connectivity index (χ0v) is 17.0. The van der Waals surface area contributed by atoms with E-state index in [-0.39, 0.29) is 12.1 Å². The Bertz CT molecular complexity index is 849. The van der Waals surface area contributed by atoms with Gasteiger partial charge in [0.25, 0.3) is 5.91 Å². The van der Waals surface area contributed by atoms with E-state index < -0.39 is 0 Å². The van der Waals surface area contributed by atoms with Gasteiger partial charge in [-0.25, -0.2) is 0 Å². The molecule has 2 heterocycles. The molecule has 1 atom stereocenters. The van der Waals surface area contributed by atoms with Gasteiger partial charge in [0.15, 0.2) is 11.5 Å². The number of thiophene rings is 1. The summed E-state index contributed by atoms with van der Waals surface area (Å²) in [4.78, 5) is 14.1. The standard InChI is InChI=1S/C18H19IN2O3S/c1-23-12-8-9(7-11(19)15(12)24-2)16-20-17(22)14-10-5-3-4-6-13(10)25-18(14)21-16/h7-8,16,21H,3-6H2,1-2H3,(H,20,22)/t16-/m1/s1. The Labute approximate surface area is 164 Å². The van der Waals surface area contributed by atoms with Crippen molar-refractivity contribution in [2.75, 3.05) is 19.5 Å². The predicted octanol–water partition coefficient (Wildman–Crippen LogP) is 4.10. The number of carbonyl (C=O) groups is 1. The minimum atomic E-state index is -0.270. The molecule has 5 nitrogen and oxygen atoms in total. The summed E-state index contributed by atoms with van der Waals surface area (Å²) in [6.45, 7) is 0. The van der Waals surface area contributed by atoms with Crippen LogP contribution in [0.3, 0.4) is 0 Å². The maximum atomic E-state index is 12.8. The largest absolute Gasteiger partial charge is 0.493 e. The monoisotopic (exact) mass is 470 g/mol. The molecule has 1 amide bonds. The zero-order valence-electron chi connectivity index (χ0n) is 14.1. The van der Waals surface area contributed by atoms with E-state index in [2.05, 4.69) is 33.2 Å². The Hall–Kier alpha value is -1.48. The Morgan fingerprint density at radius 3 is 2.72 bits per heavy atom. The highest BCUT2D eigenvalue weighted by Crippen LogP contribution is 2.42. The van der Waals surface area contributed by atoms with Gasteiger partial charge in [-0.3, -0.25) is 4.79 Å². The second kappa shape index (κ2) is 6.68. The van der Waals surface area contributed by atoms with Crippen molar-refractivity contribution in [2.24, 2.45) is 0 Å². The van der Waals surface area contributed by atoms with Crippen molar-refractivity contribution in [2.45, 2.75) is 31.8 Å². The lowest BCUT2D eigenvalue weighted by atomic mass is 9.94. The average Bonchev–Trinajstić information content (AvgIpc) is 2.99. The molecule has 0 radical (unpaired) electrons. The number of halogens is 1. The van der Waals surface area contributed by atoms with E-state index in [1.54, 1.807) is 25.6 Å². The van der Waals surface area contributed by atoms with E-state index in [4.69, 9.17) is 9.47 Å². The van der Waals surface area contributed by atoms with E-state index in [9.17, 15) is 4.79 Å². The van der Waals surface area contributed by atoms with Gasteiger partial charge >= 0.3 is 0 Å². The molecule has 2 aliphatic rings. The molecule has 0 saturated carbocycles. The number of methoxy groups -OCH3 is 2. The number of fused-ring (bicyclic) bond motifs is 3. The molecule has 2 aromatic rings. The summed E-state index contributed by atoms with van der Waals surface area (Å²) in [5.41, 5.74) is 3.05. The molecule has 0 saturated heterocycles. The Balaban J connectivity index is 1.71. The second-order valence-corrected chi connectivity index (χ2v) is 8.47. The molecule has 1 aromatic carbocycles. The molecular weight excluding hydrogens is 451 g/mol. The smallest absolute Gasteiger partial charge is 0.256 e. The highest BCUT2D eigenvalue weighted by atomic mass is 127. The normalized spacial score (nSPS) is 18.7. The number of rotatable bonds is 3. The van der Waals surface area contributed by atoms with E-state index in [1.807, 2.05) is 12.1 Å². The van der Waals surface area contributed by atoms with E-state index >= 15 is 0 Å². The predicted molar refractivity (Wildman–Crippen MR) is 107 cm³/mol. The lowest BCUT2D eigenvalue weighted by molar-refractivity contribution is 0.0935. The number of nitrogens with one attached hydrogen (secondary N) is 2. The SMILES string of the molecule is COc1cc([C@@H]2NC(=O)c3c(sc4c3CCCC4)N2)cc(I)c1OC. The first-order valence-corrected chi connectivity index (χ1v) is 10.1. The van der Waals surface area contributed by atoms with Gasteiger partial charge in [-0.1, -0.05) is 0 Å². The van der Waals surface area contributed by atoms with Gasteiger partial charge in [-0.2, -0.15) is 0 Å². The van der Waals surface area contributed by atoms with E-state index in [1.165, 1.54) is 23.3 Å². The molecule has 25 heavy (non-hydrogen) atoms. The highest BCUT2D eigenvalue weighted by molar-refractivity contribution is 14.1. The molecule has 0 bridgehead atoms. The van der Waals surface area contributed by atoms with E-state index in [0.29, 0.717) is 11.5 Å². The number of hydrogen-bond donors (Lipinski definition) is 2. The molecule has 0 unspecified atom stereocenters. The Morgan fingerprint density at radius 1 is 1.16 bits per heavy atom. The van der Waals surface area contributed by atoms with Crippen LogP contribution in [0.5, 0.6) is 11.5 Å². The first-order valence-electron chi connectivity index (χ1n) is 8.25. The molecule has 0 fully saturated rings. The van der Waals surface area contributed by atoms with Crippen molar-refractivity contribution in [1.82, 2.24) is 5.32 Å². The number of anilines is 1. The second-order valence-electron chi connectivity index (χ2n) is 6.20. The van der Waals surface area contributed by atoms with Crippen LogP contribution in [0.4, 0.5) is 5.00 Å². The first-order chi connectivity index (χ1) is 12.1. The third kappa shape index (κ3) is 2.87. The average molecular weight is 470 g/mol. The number of benzene rings is 1. The number of ether oxygens (including phenoxy) is 2. The van der Waals surface area contributed by atoms with Gasteiger partial charge in [0.05, 0.1) is 23.4 Å². The summed E-state index contributed by atoms with van der Waals surface area (Å²) < 4.78 is 11.8. The summed E-state index contributed by atoms with van der Waals surface area (Å²) in [5, 5.41) is 7.59. The molecule has 1 aromatic heterocycles. The van der Waals surface area contributed by atoms with Crippen molar-refractivity contribution in [3.05, 3.63) is 37.3 Å². The van der Waals surface area contributed by atoms with Crippen molar-refractivity contribution in [1.29, 1.82) is 0 Å². The molecular formula is C18H19IN2O3S. The molecule has 2 N–H and O–H groups in total. The molecule has 4 rings (SSSR count). The molecule has 0 spiro atoms. The zero-order chi connectivity index (χ0) is 17.6.